The molecule has 162 valence electrons. The van der Waals surface area contributed by atoms with Crippen LogP contribution in [0.15, 0.2) is 43.0 Å². The second-order valence-corrected chi connectivity index (χ2v) is 8.19. The summed E-state index contributed by atoms with van der Waals surface area (Å²) in [5.74, 6) is -0.775. The fourth-order valence-corrected chi connectivity index (χ4v) is 3.87. The van der Waals surface area contributed by atoms with Gasteiger partial charge in [0.25, 0.3) is 5.91 Å². The van der Waals surface area contributed by atoms with E-state index in [-0.39, 0.29) is 30.4 Å². The lowest BCUT2D eigenvalue weighted by atomic mass is 10.0. The minimum absolute atomic E-state index is 0.114. The number of epoxide rings is 1. The molecule has 4 atom stereocenters. The van der Waals surface area contributed by atoms with Crippen LogP contribution in [0.2, 0.25) is 0 Å². The van der Waals surface area contributed by atoms with Crippen molar-refractivity contribution in [3.63, 3.8) is 0 Å². The standard InChI is InChI=1S/C23H30N2O5/c1-4-13-29-23(28)18-11-8-12-25(18)22(27)17(14-15(2)3)24-21(26)20-19(30-20)16-9-6-5-7-10-16/h4-7,9-10,15,17-20H,1,8,11-14H2,2-3H3,(H,24,26)/t17-,18?,19?,20-/m1/s1. The maximum absolute atomic E-state index is 13.2. The number of hydrogen-bond donors (Lipinski definition) is 1. The van der Waals surface area contributed by atoms with Gasteiger partial charge >= 0.3 is 5.97 Å². The molecule has 7 heteroatoms. The molecule has 2 amide bonds. The van der Waals surface area contributed by atoms with Gasteiger partial charge in [-0.05, 0) is 30.7 Å². The molecule has 0 bridgehead atoms. The van der Waals surface area contributed by atoms with E-state index in [0.29, 0.717) is 19.4 Å². The fraction of sp³-hybridized carbons (Fsp3) is 0.522. The van der Waals surface area contributed by atoms with Gasteiger partial charge in [-0.15, -0.1) is 0 Å². The third-order valence-corrected chi connectivity index (χ3v) is 5.35. The average molecular weight is 415 g/mol. The highest BCUT2D eigenvalue weighted by atomic mass is 16.6. The van der Waals surface area contributed by atoms with E-state index in [1.807, 2.05) is 44.2 Å². The van der Waals surface area contributed by atoms with Crippen molar-refractivity contribution in [2.75, 3.05) is 13.2 Å². The second-order valence-electron chi connectivity index (χ2n) is 8.19. The Morgan fingerprint density at radius 2 is 2.03 bits per heavy atom. The van der Waals surface area contributed by atoms with E-state index >= 15 is 0 Å². The summed E-state index contributed by atoms with van der Waals surface area (Å²) in [5, 5.41) is 2.87. The number of nitrogens with zero attached hydrogens (tertiary/aromatic N) is 1. The number of amides is 2. The number of carbonyl (C=O) groups excluding carboxylic acids is 3. The molecule has 0 radical (unpaired) electrons. The van der Waals surface area contributed by atoms with E-state index in [2.05, 4.69) is 11.9 Å². The molecule has 2 fully saturated rings. The maximum Gasteiger partial charge on any atom is 0.329 e. The molecule has 2 saturated heterocycles. The first-order valence-electron chi connectivity index (χ1n) is 10.5. The highest BCUT2D eigenvalue weighted by Gasteiger charge is 2.47. The Hall–Kier alpha value is -2.67. The Morgan fingerprint density at radius 3 is 2.70 bits per heavy atom. The maximum atomic E-state index is 13.2. The average Bonchev–Trinajstić information content (AvgIpc) is 3.39. The van der Waals surface area contributed by atoms with Crippen LogP contribution < -0.4 is 5.32 Å². The van der Waals surface area contributed by atoms with E-state index in [1.54, 1.807) is 4.90 Å². The number of benzene rings is 1. The molecule has 1 aromatic carbocycles. The molecule has 1 N–H and O–H groups in total. The minimum atomic E-state index is -0.703. The zero-order valence-corrected chi connectivity index (χ0v) is 17.6. The SMILES string of the molecule is C=CCOC(=O)C1CCCN1C(=O)[C@@H](CC(C)C)NC(=O)[C@@H]1OC1c1ccccc1. The van der Waals surface area contributed by atoms with Crippen molar-refractivity contribution in [1.82, 2.24) is 10.2 Å². The second kappa shape index (κ2) is 9.89. The first kappa shape index (κ1) is 22.0. The first-order valence-corrected chi connectivity index (χ1v) is 10.5. The molecule has 2 unspecified atom stereocenters. The van der Waals surface area contributed by atoms with E-state index in [0.717, 1.165) is 12.0 Å². The molecule has 3 rings (SSSR count). The number of carbonyl (C=O) groups is 3. The van der Waals surface area contributed by atoms with Gasteiger partial charge in [0.15, 0.2) is 6.10 Å². The van der Waals surface area contributed by atoms with Crippen molar-refractivity contribution in [2.45, 2.75) is 57.4 Å². The lowest BCUT2D eigenvalue weighted by Crippen LogP contribution is -2.53. The minimum Gasteiger partial charge on any atom is -0.460 e. The van der Waals surface area contributed by atoms with Gasteiger partial charge in [0.1, 0.15) is 24.8 Å². The van der Waals surface area contributed by atoms with Crippen LogP contribution in [-0.4, -0.2) is 54.0 Å². The van der Waals surface area contributed by atoms with Crippen LogP contribution in [0.5, 0.6) is 0 Å². The Kier molecular flexibility index (Phi) is 7.26. The van der Waals surface area contributed by atoms with Crippen LogP contribution in [0.4, 0.5) is 0 Å². The number of nitrogens with one attached hydrogen (secondary N) is 1. The summed E-state index contributed by atoms with van der Waals surface area (Å²) in [7, 11) is 0. The molecule has 0 aromatic heterocycles. The van der Waals surface area contributed by atoms with Crippen molar-refractivity contribution in [1.29, 1.82) is 0 Å². The summed E-state index contributed by atoms with van der Waals surface area (Å²) < 4.78 is 10.7. The first-order chi connectivity index (χ1) is 14.4. The van der Waals surface area contributed by atoms with Crippen molar-refractivity contribution in [3.8, 4) is 0 Å². The number of ether oxygens (including phenoxy) is 2. The molecule has 0 saturated carbocycles. The van der Waals surface area contributed by atoms with Crippen LogP contribution >= 0.6 is 0 Å². The van der Waals surface area contributed by atoms with Gasteiger partial charge in [-0.2, -0.15) is 0 Å². The molecule has 0 spiro atoms. The lowest BCUT2D eigenvalue weighted by molar-refractivity contribution is -0.153. The van der Waals surface area contributed by atoms with Gasteiger partial charge in [0.2, 0.25) is 5.91 Å². The van der Waals surface area contributed by atoms with Gasteiger partial charge in [0.05, 0.1) is 0 Å². The zero-order valence-electron chi connectivity index (χ0n) is 17.6. The van der Waals surface area contributed by atoms with Gasteiger partial charge in [-0.1, -0.05) is 56.8 Å². The fourth-order valence-electron chi connectivity index (χ4n) is 3.87. The highest BCUT2D eigenvalue weighted by Crippen LogP contribution is 2.38. The van der Waals surface area contributed by atoms with E-state index < -0.39 is 24.2 Å². The van der Waals surface area contributed by atoms with Crippen LogP contribution in [-0.2, 0) is 23.9 Å². The third-order valence-electron chi connectivity index (χ3n) is 5.35. The Balaban J connectivity index is 1.65. The summed E-state index contributed by atoms with van der Waals surface area (Å²) in [6.07, 6.45) is 2.39. The molecular formula is C23H30N2O5. The highest BCUT2D eigenvalue weighted by molar-refractivity contribution is 5.93. The summed E-state index contributed by atoms with van der Waals surface area (Å²) in [4.78, 5) is 39.9. The molecule has 30 heavy (non-hydrogen) atoms. The molecule has 0 aliphatic carbocycles. The molecule has 2 aliphatic rings. The molecule has 2 heterocycles. The quantitative estimate of drug-likeness (QED) is 0.381. The Labute approximate surface area is 177 Å². The monoisotopic (exact) mass is 414 g/mol. The van der Waals surface area contributed by atoms with Gasteiger partial charge in [-0.25, -0.2) is 4.79 Å². The van der Waals surface area contributed by atoms with Crippen molar-refractivity contribution in [2.24, 2.45) is 5.92 Å². The predicted octanol–water partition coefficient (Wildman–Crippen LogP) is 2.38. The normalized spacial score (nSPS) is 23.7. The lowest BCUT2D eigenvalue weighted by Gasteiger charge is -2.29. The zero-order chi connectivity index (χ0) is 21.7. The number of likely N-dealkylation sites (tertiary alicyclic amines) is 1. The van der Waals surface area contributed by atoms with Crippen LogP contribution in [0.25, 0.3) is 0 Å². The van der Waals surface area contributed by atoms with Gasteiger partial charge in [-0.3, -0.25) is 9.59 Å². The van der Waals surface area contributed by atoms with E-state index in [9.17, 15) is 14.4 Å². The summed E-state index contributed by atoms with van der Waals surface area (Å²) in [6.45, 7) is 8.12. The molecule has 1 aromatic rings. The van der Waals surface area contributed by atoms with E-state index in [1.165, 1.54) is 6.08 Å². The van der Waals surface area contributed by atoms with Gasteiger partial charge < -0.3 is 19.7 Å². The third kappa shape index (κ3) is 5.27. The molecular weight excluding hydrogens is 384 g/mol. The van der Waals surface area contributed by atoms with Crippen molar-refractivity contribution < 1.29 is 23.9 Å². The topological polar surface area (TPSA) is 88.2 Å². The van der Waals surface area contributed by atoms with Crippen LogP contribution in [0.1, 0.15) is 44.8 Å². The molecule has 7 nitrogen and oxygen atoms in total. The summed E-state index contributed by atoms with van der Waals surface area (Å²) in [5.41, 5.74) is 0.939. The van der Waals surface area contributed by atoms with Crippen LogP contribution in [0, 0.1) is 5.92 Å². The Bertz CT molecular complexity index is 779. The van der Waals surface area contributed by atoms with Crippen LogP contribution in [0.3, 0.4) is 0 Å². The number of hydrogen-bond acceptors (Lipinski definition) is 5. The largest absolute Gasteiger partial charge is 0.460 e. The van der Waals surface area contributed by atoms with Crippen molar-refractivity contribution >= 4 is 17.8 Å². The van der Waals surface area contributed by atoms with E-state index in [4.69, 9.17) is 9.47 Å². The molecule has 2 aliphatic heterocycles. The Morgan fingerprint density at radius 1 is 1.30 bits per heavy atom. The predicted molar refractivity (Wildman–Crippen MR) is 111 cm³/mol. The number of esters is 1. The summed E-state index contributed by atoms with van der Waals surface area (Å²) in [6, 6.07) is 8.22. The smallest absolute Gasteiger partial charge is 0.329 e. The number of rotatable bonds is 9. The summed E-state index contributed by atoms with van der Waals surface area (Å²) >= 11 is 0. The van der Waals surface area contributed by atoms with Crippen molar-refractivity contribution in [3.05, 3.63) is 48.6 Å². The van der Waals surface area contributed by atoms with Gasteiger partial charge in [0, 0.05) is 6.54 Å².